The predicted octanol–water partition coefficient (Wildman–Crippen LogP) is 2.66. The summed E-state index contributed by atoms with van der Waals surface area (Å²) in [5.41, 5.74) is 0. The second-order valence-electron chi connectivity index (χ2n) is 5.14. The molecule has 0 radical (unpaired) electrons. The van der Waals surface area contributed by atoms with Gasteiger partial charge in [0, 0.05) is 0 Å². The zero-order chi connectivity index (χ0) is 15.8. The van der Waals surface area contributed by atoms with Crippen LogP contribution in [-0.2, 0) is 20.2 Å². The first kappa shape index (κ1) is 19.8. The van der Waals surface area contributed by atoms with Gasteiger partial charge < -0.3 is 0 Å². The zero-order valence-corrected chi connectivity index (χ0v) is 13.8. The molecule has 20 heavy (non-hydrogen) atoms. The van der Waals surface area contributed by atoms with Crippen LogP contribution in [0.5, 0.6) is 0 Å². The Morgan fingerprint density at radius 3 is 1.50 bits per heavy atom. The molecule has 0 saturated heterocycles. The summed E-state index contributed by atoms with van der Waals surface area (Å²) in [6, 6.07) is 0. The molecule has 0 aromatic carbocycles. The van der Waals surface area contributed by atoms with Gasteiger partial charge in [-0.1, -0.05) is 39.5 Å². The summed E-state index contributed by atoms with van der Waals surface area (Å²) >= 11 is 0. The summed E-state index contributed by atoms with van der Waals surface area (Å²) in [5.74, 6) is 0. The number of rotatable bonds is 11. The lowest BCUT2D eigenvalue weighted by Gasteiger charge is -2.17. The molecule has 0 saturated carbocycles. The Hall–Kier alpha value is -0.180. The van der Waals surface area contributed by atoms with Gasteiger partial charge in [0.05, 0.1) is 10.5 Å². The summed E-state index contributed by atoms with van der Waals surface area (Å²) in [4.78, 5) is 0. The van der Waals surface area contributed by atoms with E-state index in [9.17, 15) is 21.4 Å². The van der Waals surface area contributed by atoms with Crippen molar-refractivity contribution < 1.29 is 25.9 Å². The third-order valence-electron chi connectivity index (χ3n) is 3.39. The van der Waals surface area contributed by atoms with E-state index in [4.69, 9.17) is 4.55 Å². The van der Waals surface area contributed by atoms with Crippen molar-refractivity contribution in [3.05, 3.63) is 0 Å². The van der Waals surface area contributed by atoms with Crippen LogP contribution in [0.2, 0.25) is 0 Å². The standard InChI is InChI=1S/C12H26O6S2/c1-3-5-6-8-12(20(16,17)18)10-9-11(7-4-2)19(13,14)15/h11-12H,3-10H2,1-2H3,(H,13,14,15)(H,16,17,18). The molecular weight excluding hydrogens is 304 g/mol. The Morgan fingerprint density at radius 1 is 0.700 bits per heavy atom. The summed E-state index contributed by atoms with van der Waals surface area (Å²) < 4.78 is 63.2. The van der Waals surface area contributed by atoms with Crippen LogP contribution < -0.4 is 0 Å². The summed E-state index contributed by atoms with van der Waals surface area (Å²) in [6.07, 6.45) is 3.74. The molecule has 8 heteroatoms. The minimum absolute atomic E-state index is 0.0449. The van der Waals surface area contributed by atoms with Crippen molar-refractivity contribution in [2.45, 2.75) is 75.7 Å². The SMILES string of the molecule is CCCCCC(CCC(CCC)S(=O)(=O)O)S(=O)(=O)O. The maximum Gasteiger partial charge on any atom is 0.267 e. The van der Waals surface area contributed by atoms with Crippen LogP contribution in [0.1, 0.15) is 65.2 Å². The Labute approximate surface area is 122 Å². The highest BCUT2D eigenvalue weighted by molar-refractivity contribution is 7.86. The summed E-state index contributed by atoms with van der Waals surface area (Å²) in [7, 11) is -8.35. The van der Waals surface area contributed by atoms with Crippen LogP contribution in [0.15, 0.2) is 0 Å². The quantitative estimate of drug-likeness (QED) is 0.445. The van der Waals surface area contributed by atoms with Crippen molar-refractivity contribution in [3.8, 4) is 0 Å². The van der Waals surface area contributed by atoms with Crippen molar-refractivity contribution in [2.75, 3.05) is 0 Å². The Kier molecular flexibility index (Phi) is 8.88. The van der Waals surface area contributed by atoms with Crippen molar-refractivity contribution in [3.63, 3.8) is 0 Å². The molecule has 0 aliphatic heterocycles. The van der Waals surface area contributed by atoms with Gasteiger partial charge >= 0.3 is 0 Å². The van der Waals surface area contributed by atoms with Crippen LogP contribution in [0, 0.1) is 0 Å². The number of unbranched alkanes of at least 4 members (excludes halogenated alkanes) is 2. The van der Waals surface area contributed by atoms with Crippen molar-refractivity contribution in [1.29, 1.82) is 0 Å². The summed E-state index contributed by atoms with van der Waals surface area (Å²) in [5, 5.41) is -1.90. The van der Waals surface area contributed by atoms with E-state index in [1.165, 1.54) is 0 Å². The lowest BCUT2D eigenvalue weighted by molar-refractivity contribution is 0.429. The normalized spacial score (nSPS) is 16.0. The van der Waals surface area contributed by atoms with Crippen LogP contribution in [0.4, 0.5) is 0 Å². The monoisotopic (exact) mass is 330 g/mol. The van der Waals surface area contributed by atoms with Gasteiger partial charge in [-0.05, 0) is 25.7 Å². The van der Waals surface area contributed by atoms with E-state index in [1.807, 2.05) is 6.92 Å². The highest BCUT2D eigenvalue weighted by Crippen LogP contribution is 2.21. The topological polar surface area (TPSA) is 109 Å². The smallest absolute Gasteiger partial charge is 0.267 e. The fourth-order valence-electron chi connectivity index (χ4n) is 2.20. The second-order valence-corrected chi connectivity index (χ2v) is 8.53. The minimum Gasteiger partial charge on any atom is -0.285 e. The average molecular weight is 330 g/mol. The van der Waals surface area contributed by atoms with Gasteiger partial charge in [-0.25, -0.2) is 0 Å². The highest BCUT2D eigenvalue weighted by Gasteiger charge is 2.27. The molecule has 0 aromatic heterocycles. The molecule has 2 atom stereocenters. The van der Waals surface area contributed by atoms with E-state index in [1.54, 1.807) is 6.92 Å². The van der Waals surface area contributed by atoms with E-state index in [0.717, 1.165) is 12.8 Å². The first-order valence-corrected chi connectivity index (χ1v) is 10.1. The zero-order valence-electron chi connectivity index (χ0n) is 12.2. The van der Waals surface area contributed by atoms with E-state index in [-0.39, 0.29) is 19.3 Å². The molecule has 2 N–H and O–H groups in total. The van der Waals surface area contributed by atoms with Crippen molar-refractivity contribution in [1.82, 2.24) is 0 Å². The van der Waals surface area contributed by atoms with Gasteiger partial charge in [0.1, 0.15) is 0 Å². The van der Waals surface area contributed by atoms with E-state index < -0.39 is 30.7 Å². The van der Waals surface area contributed by atoms with Crippen LogP contribution >= 0.6 is 0 Å². The van der Waals surface area contributed by atoms with Crippen molar-refractivity contribution in [2.24, 2.45) is 0 Å². The number of hydrogen-bond acceptors (Lipinski definition) is 4. The highest BCUT2D eigenvalue weighted by atomic mass is 32.2. The van der Waals surface area contributed by atoms with Crippen LogP contribution in [0.3, 0.4) is 0 Å². The van der Waals surface area contributed by atoms with Gasteiger partial charge in [-0.15, -0.1) is 0 Å². The van der Waals surface area contributed by atoms with Gasteiger partial charge in [-0.2, -0.15) is 16.8 Å². The molecule has 0 heterocycles. The average Bonchev–Trinajstić information content (AvgIpc) is 2.29. The molecule has 0 spiro atoms. The van der Waals surface area contributed by atoms with E-state index in [0.29, 0.717) is 19.3 Å². The molecular formula is C12H26O6S2. The molecule has 0 bridgehead atoms. The molecule has 0 aliphatic rings. The first-order chi connectivity index (χ1) is 9.12. The van der Waals surface area contributed by atoms with E-state index >= 15 is 0 Å². The molecule has 0 rings (SSSR count). The Morgan fingerprint density at radius 2 is 1.15 bits per heavy atom. The first-order valence-electron chi connectivity index (χ1n) is 7.05. The second kappa shape index (κ2) is 8.96. The maximum absolute atomic E-state index is 11.3. The van der Waals surface area contributed by atoms with Gasteiger partial charge in [0.2, 0.25) is 0 Å². The van der Waals surface area contributed by atoms with Crippen LogP contribution in [0.25, 0.3) is 0 Å². The Balaban J connectivity index is 4.65. The van der Waals surface area contributed by atoms with Gasteiger partial charge in [0.15, 0.2) is 0 Å². The summed E-state index contributed by atoms with van der Waals surface area (Å²) in [6.45, 7) is 3.78. The van der Waals surface area contributed by atoms with E-state index in [2.05, 4.69) is 0 Å². The minimum atomic E-state index is -4.18. The van der Waals surface area contributed by atoms with Gasteiger partial charge in [0.25, 0.3) is 20.2 Å². The molecule has 122 valence electrons. The lowest BCUT2D eigenvalue weighted by Crippen LogP contribution is -2.26. The molecule has 2 unspecified atom stereocenters. The fraction of sp³-hybridized carbons (Fsp3) is 1.00. The maximum atomic E-state index is 11.3. The largest absolute Gasteiger partial charge is 0.285 e. The molecule has 0 aliphatic carbocycles. The number of hydrogen-bond donors (Lipinski definition) is 2. The van der Waals surface area contributed by atoms with Gasteiger partial charge in [-0.3, -0.25) is 9.11 Å². The molecule has 0 amide bonds. The Bertz CT molecular complexity index is 454. The fourth-order valence-corrected chi connectivity index (χ4v) is 4.07. The lowest BCUT2D eigenvalue weighted by atomic mass is 10.1. The molecule has 0 aromatic rings. The van der Waals surface area contributed by atoms with Crippen molar-refractivity contribution >= 4 is 20.2 Å². The van der Waals surface area contributed by atoms with Crippen LogP contribution in [-0.4, -0.2) is 36.4 Å². The third-order valence-corrected chi connectivity index (χ3v) is 6.02. The molecule has 6 nitrogen and oxygen atoms in total. The third kappa shape index (κ3) is 8.18. The molecule has 0 fully saturated rings. The predicted molar refractivity (Wildman–Crippen MR) is 79.0 cm³/mol.